The first kappa shape index (κ1) is 13.4. The van der Waals surface area contributed by atoms with Gasteiger partial charge in [0.1, 0.15) is 5.78 Å². The van der Waals surface area contributed by atoms with E-state index < -0.39 is 5.97 Å². The van der Waals surface area contributed by atoms with E-state index in [2.05, 4.69) is 0 Å². The van der Waals surface area contributed by atoms with Crippen LogP contribution in [-0.2, 0) is 11.2 Å². The Morgan fingerprint density at radius 2 is 1.94 bits per heavy atom. The molecule has 92 valence electrons. The highest BCUT2D eigenvalue weighted by Crippen LogP contribution is 2.23. The van der Waals surface area contributed by atoms with Gasteiger partial charge in [0.15, 0.2) is 0 Å². The van der Waals surface area contributed by atoms with Gasteiger partial charge in [0.05, 0.1) is 5.56 Å². The van der Waals surface area contributed by atoms with Crippen LogP contribution in [0.4, 0.5) is 0 Å². The smallest absolute Gasteiger partial charge is 0.335 e. The highest BCUT2D eigenvalue weighted by atomic mass is 16.4. The molecule has 17 heavy (non-hydrogen) atoms. The Morgan fingerprint density at radius 3 is 2.47 bits per heavy atom. The summed E-state index contributed by atoms with van der Waals surface area (Å²) in [5.41, 5.74) is 0.639. The lowest BCUT2D eigenvalue weighted by atomic mass is 9.82. The number of aromatic carboxylic acids is 1. The van der Waals surface area contributed by atoms with E-state index in [1.807, 2.05) is 20.8 Å². The van der Waals surface area contributed by atoms with E-state index in [4.69, 9.17) is 5.11 Å². The molecular formula is C14H18O3. The van der Waals surface area contributed by atoms with Crippen molar-refractivity contribution in [2.24, 2.45) is 5.41 Å². The van der Waals surface area contributed by atoms with Crippen LogP contribution in [0.15, 0.2) is 24.3 Å². The summed E-state index contributed by atoms with van der Waals surface area (Å²) < 4.78 is 0. The van der Waals surface area contributed by atoms with Crippen molar-refractivity contribution < 1.29 is 14.7 Å². The van der Waals surface area contributed by atoms with Gasteiger partial charge in [-0.2, -0.15) is 0 Å². The molecule has 0 unspecified atom stereocenters. The minimum absolute atomic E-state index is 0.141. The molecule has 0 spiro atoms. The Morgan fingerprint density at radius 1 is 1.29 bits per heavy atom. The number of ketones is 1. The van der Waals surface area contributed by atoms with E-state index in [0.717, 1.165) is 12.0 Å². The maximum absolute atomic E-state index is 12.0. The quantitative estimate of drug-likeness (QED) is 0.852. The molecule has 0 aliphatic heterocycles. The minimum Gasteiger partial charge on any atom is -0.478 e. The number of hydrogen-bond acceptors (Lipinski definition) is 2. The topological polar surface area (TPSA) is 54.4 Å². The second-order valence-corrected chi connectivity index (χ2v) is 4.84. The lowest BCUT2D eigenvalue weighted by Gasteiger charge is -2.20. The average molecular weight is 234 g/mol. The van der Waals surface area contributed by atoms with E-state index in [1.54, 1.807) is 18.2 Å². The second kappa shape index (κ2) is 5.13. The monoisotopic (exact) mass is 234 g/mol. The third-order valence-electron chi connectivity index (χ3n) is 3.18. The summed E-state index contributed by atoms with van der Waals surface area (Å²) in [6.45, 7) is 5.80. The van der Waals surface area contributed by atoms with Gasteiger partial charge in [-0.3, -0.25) is 4.79 Å². The van der Waals surface area contributed by atoms with Crippen LogP contribution in [0.25, 0.3) is 0 Å². The SMILES string of the molecule is CCC(C)(C)C(=O)Cc1cccc(C(=O)O)c1. The van der Waals surface area contributed by atoms with Crippen LogP contribution in [-0.4, -0.2) is 16.9 Å². The molecule has 0 amide bonds. The molecule has 0 fully saturated rings. The summed E-state index contributed by atoms with van der Waals surface area (Å²) in [5, 5.41) is 8.86. The van der Waals surface area contributed by atoms with E-state index in [-0.39, 0.29) is 16.8 Å². The Balaban J connectivity index is 2.86. The molecule has 0 aliphatic rings. The lowest BCUT2D eigenvalue weighted by molar-refractivity contribution is -0.126. The average Bonchev–Trinajstić information content (AvgIpc) is 2.29. The summed E-state index contributed by atoms with van der Waals surface area (Å²) in [5.74, 6) is -0.823. The molecule has 0 saturated carbocycles. The van der Waals surface area contributed by atoms with Crippen LogP contribution in [0.1, 0.15) is 43.1 Å². The van der Waals surface area contributed by atoms with Crippen molar-refractivity contribution in [2.45, 2.75) is 33.6 Å². The highest BCUT2D eigenvalue weighted by Gasteiger charge is 2.24. The van der Waals surface area contributed by atoms with Gasteiger partial charge in [0, 0.05) is 11.8 Å². The summed E-state index contributed by atoms with van der Waals surface area (Å²) in [6, 6.07) is 6.55. The van der Waals surface area contributed by atoms with Gasteiger partial charge in [-0.1, -0.05) is 32.9 Å². The van der Waals surface area contributed by atoms with Crippen molar-refractivity contribution in [3.05, 3.63) is 35.4 Å². The van der Waals surface area contributed by atoms with Crippen molar-refractivity contribution >= 4 is 11.8 Å². The number of benzene rings is 1. The van der Waals surface area contributed by atoms with Gasteiger partial charge in [-0.05, 0) is 24.1 Å². The fraction of sp³-hybridized carbons (Fsp3) is 0.429. The van der Waals surface area contributed by atoms with Crippen molar-refractivity contribution in [1.29, 1.82) is 0 Å². The molecule has 0 saturated heterocycles. The number of carbonyl (C=O) groups is 2. The normalized spacial score (nSPS) is 11.2. The molecule has 1 N–H and O–H groups in total. The molecule has 0 radical (unpaired) electrons. The first-order chi connectivity index (χ1) is 7.86. The Bertz CT molecular complexity index is 433. The third-order valence-corrected chi connectivity index (χ3v) is 3.18. The van der Waals surface area contributed by atoms with Crippen LogP contribution in [0.5, 0.6) is 0 Å². The third kappa shape index (κ3) is 3.41. The maximum Gasteiger partial charge on any atom is 0.335 e. The molecular weight excluding hydrogens is 216 g/mol. The first-order valence-electron chi connectivity index (χ1n) is 5.72. The molecule has 1 rings (SSSR count). The fourth-order valence-corrected chi connectivity index (χ4v) is 1.44. The van der Waals surface area contributed by atoms with Gasteiger partial charge < -0.3 is 5.11 Å². The fourth-order valence-electron chi connectivity index (χ4n) is 1.44. The molecule has 0 aromatic heterocycles. The zero-order valence-corrected chi connectivity index (χ0v) is 10.5. The van der Waals surface area contributed by atoms with Gasteiger partial charge in [0.25, 0.3) is 0 Å². The molecule has 3 nitrogen and oxygen atoms in total. The zero-order valence-electron chi connectivity index (χ0n) is 10.5. The molecule has 0 aliphatic carbocycles. The lowest BCUT2D eigenvalue weighted by Crippen LogP contribution is -2.25. The summed E-state index contributed by atoms with van der Waals surface area (Å²) in [6.07, 6.45) is 1.08. The van der Waals surface area contributed by atoms with Gasteiger partial charge in [0.2, 0.25) is 0 Å². The van der Waals surface area contributed by atoms with E-state index in [0.29, 0.717) is 6.42 Å². The van der Waals surface area contributed by atoms with Crippen molar-refractivity contribution in [3.8, 4) is 0 Å². The predicted octanol–water partition coefficient (Wildman–Crippen LogP) is 2.93. The summed E-state index contributed by atoms with van der Waals surface area (Å²) >= 11 is 0. The largest absolute Gasteiger partial charge is 0.478 e. The number of Topliss-reactive ketones (excluding diaryl/α,β-unsaturated/α-hetero) is 1. The van der Waals surface area contributed by atoms with Gasteiger partial charge in [-0.15, -0.1) is 0 Å². The Labute approximate surface area is 101 Å². The highest BCUT2D eigenvalue weighted by molar-refractivity contribution is 5.89. The summed E-state index contributed by atoms with van der Waals surface area (Å²) in [4.78, 5) is 22.8. The van der Waals surface area contributed by atoms with Gasteiger partial charge in [-0.25, -0.2) is 4.79 Å². The molecule has 3 heteroatoms. The van der Waals surface area contributed by atoms with E-state index in [1.165, 1.54) is 6.07 Å². The first-order valence-corrected chi connectivity index (χ1v) is 5.72. The number of carboxylic acids is 1. The Kier molecular flexibility index (Phi) is 4.05. The van der Waals surface area contributed by atoms with Crippen molar-refractivity contribution in [2.75, 3.05) is 0 Å². The van der Waals surface area contributed by atoms with Gasteiger partial charge >= 0.3 is 5.97 Å². The molecule has 0 heterocycles. The molecule has 0 bridgehead atoms. The molecule has 0 atom stereocenters. The maximum atomic E-state index is 12.0. The number of carbonyl (C=O) groups excluding carboxylic acids is 1. The minimum atomic E-state index is -0.964. The number of rotatable bonds is 5. The van der Waals surface area contributed by atoms with Crippen molar-refractivity contribution in [3.63, 3.8) is 0 Å². The summed E-state index contributed by atoms with van der Waals surface area (Å²) in [7, 11) is 0. The van der Waals surface area contributed by atoms with E-state index >= 15 is 0 Å². The van der Waals surface area contributed by atoms with Crippen LogP contribution in [0, 0.1) is 5.41 Å². The number of carboxylic acid groups (broad SMARTS) is 1. The van der Waals surface area contributed by atoms with Crippen LogP contribution in [0.2, 0.25) is 0 Å². The van der Waals surface area contributed by atoms with Crippen LogP contribution < -0.4 is 0 Å². The zero-order chi connectivity index (χ0) is 13.1. The van der Waals surface area contributed by atoms with Crippen molar-refractivity contribution in [1.82, 2.24) is 0 Å². The standard InChI is InChI=1S/C14H18O3/c1-4-14(2,3)12(15)9-10-6-5-7-11(8-10)13(16)17/h5-8H,4,9H2,1-3H3,(H,16,17). The van der Waals surface area contributed by atoms with E-state index in [9.17, 15) is 9.59 Å². The predicted molar refractivity (Wildman–Crippen MR) is 66.2 cm³/mol. The van der Waals surface area contributed by atoms with Crippen LogP contribution in [0.3, 0.4) is 0 Å². The molecule has 1 aromatic carbocycles. The van der Waals surface area contributed by atoms with Crippen LogP contribution >= 0.6 is 0 Å². The Hall–Kier alpha value is -1.64. The second-order valence-electron chi connectivity index (χ2n) is 4.84. The molecule has 1 aromatic rings. The number of hydrogen-bond donors (Lipinski definition) is 1.